The summed E-state index contributed by atoms with van der Waals surface area (Å²) in [6.45, 7) is 7.16. The van der Waals surface area contributed by atoms with Crippen molar-refractivity contribution in [3.05, 3.63) is 35.9 Å². The maximum Gasteiger partial charge on any atom is 0.410 e. The van der Waals surface area contributed by atoms with Crippen LogP contribution in [0.4, 0.5) is 9.59 Å². The van der Waals surface area contributed by atoms with Crippen LogP contribution >= 0.6 is 0 Å². The molecule has 0 aromatic heterocycles. The van der Waals surface area contributed by atoms with E-state index in [1.54, 1.807) is 30.6 Å². The Balaban J connectivity index is 1.47. The van der Waals surface area contributed by atoms with Gasteiger partial charge in [0.05, 0.1) is 6.42 Å². The average Bonchev–Trinajstić information content (AvgIpc) is 2.98. The SMILES string of the molecule is CC(C)(C)OC(=O)N1CCN(C(=O)C[C@H]2NC(=O)N(CCc3ccccc3)C2=O)CC1. The summed E-state index contributed by atoms with van der Waals surface area (Å²) in [4.78, 5) is 54.0. The van der Waals surface area contributed by atoms with E-state index in [0.717, 1.165) is 5.56 Å². The second-order valence-corrected chi connectivity index (χ2v) is 8.78. The monoisotopic (exact) mass is 430 g/mol. The molecule has 168 valence electrons. The van der Waals surface area contributed by atoms with Crippen LogP contribution in [0.3, 0.4) is 0 Å². The van der Waals surface area contributed by atoms with Gasteiger partial charge in [0.15, 0.2) is 0 Å². The normalized spacial score (nSPS) is 19.5. The number of hydrogen-bond acceptors (Lipinski definition) is 5. The molecule has 0 unspecified atom stereocenters. The van der Waals surface area contributed by atoms with Crippen LogP contribution in [0.1, 0.15) is 32.8 Å². The predicted octanol–water partition coefficient (Wildman–Crippen LogP) is 1.62. The zero-order chi connectivity index (χ0) is 22.6. The summed E-state index contributed by atoms with van der Waals surface area (Å²) in [7, 11) is 0. The minimum absolute atomic E-state index is 0.0845. The van der Waals surface area contributed by atoms with Gasteiger partial charge in [0.1, 0.15) is 11.6 Å². The first-order valence-electron chi connectivity index (χ1n) is 10.6. The lowest BCUT2D eigenvalue weighted by Crippen LogP contribution is -2.52. The highest BCUT2D eigenvalue weighted by molar-refractivity contribution is 6.05. The number of nitrogens with one attached hydrogen (secondary N) is 1. The molecule has 5 amide bonds. The smallest absolute Gasteiger partial charge is 0.410 e. The van der Waals surface area contributed by atoms with Crippen LogP contribution in [-0.4, -0.2) is 83.0 Å². The maximum atomic E-state index is 12.7. The summed E-state index contributed by atoms with van der Waals surface area (Å²) < 4.78 is 5.36. The number of carbonyl (C=O) groups is 4. The van der Waals surface area contributed by atoms with Gasteiger partial charge < -0.3 is 19.9 Å². The first-order chi connectivity index (χ1) is 14.6. The second-order valence-electron chi connectivity index (χ2n) is 8.78. The first kappa shape index (κ1) is 22.6. The minimum Gasteiger partial charge on any atom is -0.444 e. The third-order valence-corrected chi connectivity index (χ3v) is 5.24. The topological polar surface area (TPSA) is 99.3 Å². The second kappa shape index (κ2) is 9.36. The van der Waals surface area contributed by atoms with Crippen LogP contribution in [0.2, 0.25) is 0 Å². The molecular weight excluding hydrogens is 400 g/mol. The molecule has 2 aliphatic rings. The van der Waals surface area contributed by atoms with Crippen molar-refractivity contribution in [2.45, 2.75) is 45.3 Å². The highest BCUT2D eigenvalue weighted by Gasteiger charge is 2.39. The lowest BCUT2D eigenvalue weighted by atomic mass is 10.1. The average molecular weight is 431 g/mol. The molecule has 9 nitrogen and oxygen atoms in total. The van der Waals surface area contributed by atoms with E-state index in [1.807, 2.05) is 30.3 Å². The van der Waals surface area contributed by atoms with E-state index >= 15 is 0 Å². The van der Waals surface area contributed by atoms with Gasteiger partial charge in [-0.15, -0.1) is 0 Å². The number of ether oxygens (including phenoxy) is 1. The predicted molar refractivity (Wildman–Crippen MR) is 113 cm³/mol. The molecule has 0 aliphatic carbocycles. The Hall–Kier alpha value is -3.10. The Kier molecular flexibility index (Phi) is 6.82. The minimum atomic E-state index is -0.848. The zero-order valence-corrected chi connectivity index (χ0v) is 18.3. The van der Waals surface area contributed by atoms with Gasteiger partial charge >= 0.3 is 12.1 Å². The summed E-state index contributed by atoms with van der Waals surface area (Å²) in [5, 5.41) is 2.62. The molecule has 3 rings (SSSR count). The van der Waals surface area contributed by atoms with E-state index in [2.05, 4.69) is 5.32 Å². The molecule has 31 heavy (non-hydrogen) atoms. The molecule has 0 radical (unpaired) electrons. The summed E-state index contributed by atoms with van der Waals surface area (Å²) >= 11 is 0. The van der Waals surface area contributed by atoms with E-state index in [-0.39, 0.29) is 24.8 Å². The molecule has 2 saturated heterocycles. The van der Waals surface area contributed by atoms with Gasteiger partial charge in [-0.3, -0.25) is 14.5 Å². The Morgan fingerprint density at radius 2 is 1.65 bits per heavy atom. The van der Waals surface area contributed by atoms with Gasteiger partial charge in [-0.25, -0.2) is 9.59 Å². The Labute approximate surface area is 182 Å². The van der Waals surface area contributed by atoms with Crippen molar-refractivity contribution in [3.8, 4) is 0 Å². The van der Waals surface area contributed by atoms with Crippen molar-refractivity contribution in [1.29, 1.82) is 0 Å². The number of carbonyl (C=O) groups excluding carboxylic acids is 4. The fourth-order valence-electron chi connectivity index (χ4n) is 3.58. The van der Waals surface area contributed by atoms with Crippen LogP contribution in [-0.2, 0) is 20.7 Å². The van der Waals surface area contributed by atoms with Crippen molar-refractivity contribution < 1.29 is 23.9 Å². The largest absolute Gasteiger partial charge is 0.444 e. The van der Waals surface area contributed by atoms with Crippen molar-refractivity contribution in [3.63, 3.8) is 0 Å². The summed E-state index contributed by atoms with van der Waals surface area (Å²) in [5.74, 6) is -0.589. The standard InChI is InChI=1S/C22H30N4O5/c1-22(2,3)31-21(30)25-13-11-24(12-14-25)18(27)15-17-19(28)26(20(29)23-17)10-9-16-7-5-4-6-8-16/h4-8,17H,9-15H2,1-3H3,(H,23,29)/t17-/m1/s1. The molecule has 1 N–H and O–H groups in total. The number of imide groups is 1. The van der Waals surface area contributed by atoms with E-state index in [9.17, 15) is 19.2 Å². The number of amides is 5. The first-order valence-corrected chi connectivity index (χ1v) is 10.6. The van der Waals surface area contributed by atoms with Gasteiger partial charge in [-0.2, -0.15) is 0 Å². The van der Waals surface area contributed by atoms with Crippen molar-refractivity contribution >= 4 is 23.9 Å². The highest BCUT2D eigenvalue weighted by Crippen LogP contribution is 2.15. The number of nitrogens with zero attached hydrogens (tertiary/aromatic N) is 3. The van der Waals surface area contributed by atoms with Crippen LogP contribution in [0.25, 0.3) is 0 Å². The Bertz CT molecular complexity index is 828. The van der Waals surface area contributed by atoms with Crippen LogP contribution in [0.5, 0.6) is 0 Å². The van der Waals surface area contributed by atoms with Crippen LogP contribution in [0.15, 0.2) is 30.3 Å². The molecule has 2 aliphatic heterocycles. The third kappa shape index (κ3) is 5.96. The van der Waals surface area contributed by atoms with E-state index in [1.165, 1.54) is 4.90 Å². The molecule has 0 bridgehead atoms. The van der Waals surface area contributed by atoms with Gasteiger partial charge in [0.25, 0.3) is 5.91 Å². The number of hydrogen-bond donors (Lipinski definition) is 1. The Morgan fingerprint density at radius 3 is 2.26 bits per heavy atom. The summed E-state index contributed by atoms with van der Waals surface area (Å²) in [6.07, 6.45) is 0.0819. The van der Waals surface area contributed by atoms with Crippen molar-refractivity contribution in [2.24, 2.45) is 0 Å². The molecule has 1 aromatic carbocycles. The fraction of sp³-hybridized carbons (Fsp3) is 0.545. The Morgan fingerprint density at radius 1 is 1.03 bits per heavy atom. The zero-order valence-electron chi connectivity index (χ0n) is 18.3. The molecule has 9 heteroatoms. The molecular formula is C22H30N4O5. The van der Waals surface area contributed by atoms with Gasteiger partial charge in [-0.05, 0) is 32.8 Å². The number of benzene rings is 1. The van der Waals surface area contributed by atoms with Gasteiger partial charge in [-0.1, -0.05) is 30.3 Å². The molecule has 2 fully saturated rings. The molecule has 1 aromatic rings. The molecule has 1 atom stereocenters. The summed E-state index contributed by atoms with van der Waals surface area (Å²) in [6, 6.07) is 8.29. The number of piperazine rings is 1. The number of urea groups is 1. The van der Waals surface area contributed by atoms with Crippen LogP contribution in [0, 0.1) is 0 Å². The fourth-order valence-corrected chi connectivity index (χ4v) is 3.58. The third-order valence-electron chi connectivity index (χ3n) is 5.24. The summed E-state index contributed by atoms with van der Waals surface area (Å²) in [5.41, 5.74) is 0.461. The quantitative estimate of drug-likeness (QED) is 0.716. The van der Waals surface area contributed by atoms with Gasteiger partial charge in [0, 0.05) is 32.7 Å². The van der Waals surface area contributed by atoms with E-state index in [0.29, 0.717) is 32.6 Å². The van der Waals surface area contributed by atoms with E-state index < -0.39 is 23.8 Å². The highest BCUT2D eigenvalue weighted by atomic mass is 16.6. The van der Waals surface area contributed by atoms with Crippen molar-refractivity contribution in [1.82, 2.24) is 20.0 Å². The maximum absolute atomic E-state index is 12.7. The lowest BCUT2D eigenvalue weighted by molar-refractivity contribution is -0.136. The molecule has 2 heterocycles. The molecule has 0 saturated carbocycles. The molecule has 0 spiro atoms. The lowest BCUT2D eigenvalue weighted by Gasteiger charge is -2.35. The van der Waals surface area contributed by atoms with E-state index in [4.69, 9.17) is 4.74 Å². The van der Waals surface area contributed by atoms with Gasteiger partial charge in [0.2, 0.25) is 5.91 Å². The number of rotatable bonds is 5. The van der Waals surface area contributed by atoms with Crippen LogP contribution < -0.4 is 5.32 Å². The van der Waals surface area contributed by atoms with Crippen molar-refractivity contribution in [2.75, 3.05) is 32.7 Å².